The van der Waals surface area contributed by atoms with E-state index in [-0.39, 0.29) is 50.1 Å². The summed E-state index contributed by atoms with van der Waals surface area (Å²) >= 11 is 0. The molecule has 0 unspecified atom stereocenters. The van der Waals surface area contributed by atoms with Crippen LogP contribution < -0.4 is 9.47 Å². The zero-order chi connectivity index (χ0) is 97.7. The van der Waals surface area contributed by atoms with Crippen molar-refractivity contribution >= 4 is 21.9 Å². The lowest BCUT2D eigenvalue weighted by atomic mass is 9.65. The van der Waals surface area contributed by atoms with Crippen molar-refractivity contribution in [2.24, 2.45) is 0 Å². The molecule has 0 spiro atoms. The molecule has 0 radical (unpaired) electrons. The highest BCUT2D eigenvalue weighted by Gasteiger charge is 2.50. The predicted molar refractivity (Wildman–Crippen MR) is 592 cm³/mol. The van der Waals surface area contributed by atoms with Crippen LogP contribution in [-0.4, -0.2) is 6.79 Å². The zero-order valence-electron chi connectivity index (χ0n) is 85.9. The molecule has 1 aliphatic carbocycles. The monoisotopic (exact) mass is 1810 g/mol. The molecule has 0 fully saturated rings. The number of ether oxygens (including phenoxy) is 2. The number of benzene rings is 17. The average Bonchev–Trinajstić information content (AvgIpc) is 1.51. The minimum Gasteiger partial charge on any atom is -0.456 e. The van der Waals surface area contributed by atoms with E-state index in [1.54, 1.807) is 0 Å². The van der Waals surface area contributed by atoms with Crippen LogP contribution in [0.5, 0.6) is 11.5 Å². The fourth-order valence-electron chi connectivity index (χ4n) is 21.0. The molecule has 0 saturated carbocycles. The average molecular weight is 1810 g/mol. The first-order valence-corrected chi connectivity index (χ1v) is 50.0. The summed E-state index contributed by atoms with van der Waals surface area (Å²) in [7, 11) is 0. The minimum atomic E-state index is -1.22. The topological polar surface area (TPSA) is 31.6 Å². The minimum absolute atomic E-state index is 0.0564. The van der Waals surface area contributed by atoms with Gasteiger partial charge in [-0.15, -0.1) is 0 Å². The number of para-hydroxylation sites is 1. The molecule has 17 aromatic carbocycles. The summed E-state index contributed by atoms with van der Waals surface area (Å²) in [6.07, 6.45) is 0. The van der Waals surface area contributed by atoms with Crippen molar-refractivity contribution < 1.29 is 13.9 Å². The summed E-state index contributed by atoms with van der Waals surface area (Å²) in [5.41, 5.74) is 43.4. The first-order valence-electron chi connectivity index (χ1n) is 50.0. The van der Waals surface area contributed by atoms with E-state index in [0.717, 1.165) is 189 Å². The molecular weight excluding hydrogens is 1680 g/mol. The highest BCUT2D eigenvalue weighted by molar-refractivity contribution is 6.16. The Labute approximate surface area is 826 Å². The first-order chi connectivity index (χ1) is 65.8. The molecule has 0 atom stereocenters. The molecular formula is C136H132O3. The molecule has 0 saturated heterocycles. The Morgan fingerprint density at radius 2 is 0.396 bits per heavy atom. The maximum Gasteiger partial charge on any atom is 0.231 e. The van der Waals surface area contributed by atoms with Crippen LogP contribution in [0.25, 0.3) is 167 Å². The smallest absolute Gasteiger partial charge is 0.231 e. The molecule has 139 heavy (non-hydrogen) atoms. The van der Waals surface area contributed by atoms with Crippen LogP contribution in [0, 0.1) is 0 Å². The Kier molecular flexibility index (Phi) is 22.9. The molecule has 0 bridgehead atoms. The highest BCUT2D eigenvalue weighted by Crippen LogP contribution is 2.63. The van der Waals surface area contributed by atoms with Gasteiger partial charge in [-0.2, -0.15) is 0 Å². The summed E-state index contributed by atoms with van der Waals surface area (Å²) < 4.78 is 20.8. The Morgan fingerprint density at radius 3 is 0.626 bits per heavy atom. The maximum absolute atomic E-state index is 7.18. The van der Waals surface area contributed by atoms with Crippen LogP contribution in [0.15, 0.2) is 356 Å². The van der Waals surface area contributed by atoms with E-state index >= 15 is 0 Å². The van der Waals surface area contributed by atoms with Crippen molar-refractivity contribution in [3.05, 3.63) is 419 Å². The van der Waals surface area contributed by atoms with E-state index in [1.165, 1.54) is 44.5 Å². The van der Waals surface area contributed by atoms with E-state index in [9.17, 15) is 0 Å². The number of fused-ring (bicyclic) bond motifs is 8. The van der Waals surface area contributed by atoms with Crippen LogP contribution in [0.1, 0.15) is 233 Å². The van der Waals surface area contributed by atoms with E-state index in [1.807, 2.05) is 0 Å². The maximum atomic E-state index is 7.18. The van der Waals surface area contributed by atoms with Crippen molar-refractivity contribution in [3.8, 4) is 156 Å². The van der Waals surface area contributed by atoms with Gasteiger partial charge >= 0.3 is 0 Å². The summed E-state index contributed by atoms with van der Waals surface area (Å²) in [6.45, 7) is 55.4. The van der Waals surface area contributed by atoms with Gasteiger partial charge in [0.2, 0.25) is 6.79 Å². The summed E-state index contributed by atoms with van der Waals surface area (Å²) in [5.74, 6) is 1.39. The predicted octanol–water partition coefficient (Wildman–Crippen LogP) is 38.1. The molecule has 2 heterocycles. The van der Waals surface area contributed by atoms with Crippen molar-refractivity contribution in [3.63, 3.8) is 0 Å². The zero-order valence-corrected chi connectivity index (χ0v) is 85.9. The van der Waals surface area contributed by atoms with E-state index < -0.39 is 5.41 Å². The second-order valence-electron chi connectivity index (χ2n) is 47.9. The second kappa shape index (κ2) is 34.3. The summed E-state index contributed by atoms with van der Waals surface area (Å²) in [6, 6.07) is 137. The Morgan fingerprint density at radius 1 is 0.187 bits per heavy atom. The quantitative estimate of drug-likeness (QED) is 0.109. The van der Waals surface area contributed by atoms with Crippen molar-refractivity contribution in [1.82, 2.24) is 0 Å². The third kappa shape index (κ3) is 18.1. The molecule has 18 aromatic rings. The molecule has 0 N–H and O–H groups in total. The number of hydrogen-bond donors (Lipinski definition) is 0. The highest BCUT2D eigenvalue weighted by atomic mass is 16.7. The Hall–Kier alpha value is -13.9. The molecule has 0 amide bonds. The van der Waals surface area contributed by atoms with Crippen LogP contribution in [-0.2, 0) is 48.7 Å². The van der Waals surface area contributed by atoms with Crippen LogP contribution in [0.4, 0.5) is 0 Å². The van der Waals surface area contributed by atoms with Gasteiger partial charge in [-0.05, 0) is 388 Å². The second-order valence-corrected chi connectivity index (χ2v) is 47.9. The number of hydrogen-bond acceptors (Lipinski definition) is 3. The standard InChI is InChI=1S/C136H132O3/c1-128(2,3)108-45-29-84(30-46-108)92-63-93(85-31-47-109(48-32-85)129(4,5)6)68-100(67-92)104-75-105(101-69-94(86-33-49-110(50-34-86)130(7,8)9)64-95(70-101)87-35-51-111(52-36-87)131(10,11)12)78-116(77-104)136(120-61-62-123-127(118-27-25-26-28-122(118)139-123)126(120)119-81-124-125(82-121(119)136)138-83-137-124)117-79-106(102-71-96(88-37-53-112(54-38-88)132(13,14)15)65-97(72-102)89-39-55-113(56-40-89)133(16,17)18)76-107(80-117)103-73-98(90-41-57-114(58-42-90)134(19,20)21)66-99(74-103)91-43-59-115(60-44-91)135(22,23)24/h25-82H,83H2,1-24H3. The Balaban J connectivity index is 0.964. The van der Waals surface area contributed by atoms with Crippen molar-refractivity contribution in [2.45, 2.75) is 215 Å². The van der Waals surface area contributed by atoms with Crippen molar-refractivity contribution in [2.75, 3.05) is 6.79 Å². The molecule has 3 heteroatoms. The fourth-order valence-corrected chi connectivity index (χ4v) is 21.0. The van der Waals surface area contributed by atoms with Gasteiger partial charge < -0.3 is 13.9 Å². The SMILES string of the molecule is CC(C)(C)c1ccc(-c2cc(-c3ccc(C(C)(C)C)cc3)cc(-c3cc(-c4cc(-c5ccc(C(C)(C)C)cc5)cc(-c5ccc(C(C)(C)C)cc5)c4)cc(C4(c5cc(-c6cc(-c7ccc(C(C)(C)C)cc7)cc(-c7ccc(C(C)(C)C)cc7)c6)cc(-c6cc(-c7ccc(C(C)(C)C)cc7)cc(-c7ccc(C(C)(C)C)cc7)c6)c5)c5cc6c(cc5-c5c4ccc4oc7ccccc7c54)OCO6)c3)c2)cc1. The fraction of sp³-hybridized carbons (Fsp3) is 0.250. The van der Waals surface area contributed by atoms with E-state index in [4.69, 9.17) is 13.9 Å². The molecule has 1 aliphatic heterocycles. The molecule has 2 aliphatic rings. The van der Waals surface area contributed by atoms with Gasteiger partial charge in [0.1, 0.15) is 11.2 Å². The van der Waals surface area contributed by atoms with Gasteiger partial charge in [-0.3, -0.25) is 0 Å². The Bertz CT molecular complexity index is 6730. The molecule has 20 rings (SSSR count). The molecule has 1 aromatic heterocycles. The summed E-state index contributed by atoms with van der Waals surface area (Å²) in [5, 5.41) is 2.08. The lowest BCUT2D eigenvalue weighted by Gasteiger charge is -2.35. The van der Waals surface area contributed by atoms with Crippen molar-refractivity contribution in [1.29, 1.82) is 0 Å². The number of furan rings is 1. The normalized spacial score (nSPS) is 13.5. The van der Waals surface area contributed by atoms with Crippen LogP contribution >= 0.6 is 0 Å². The molecule has 3 nitrogen and oxygen atoms in total. The third-order valence-electron chi connectivity index (χ3n) is 29.6. The van der Waals surface area contributed by atoms with Gasteiger partial charge in [-0.1, -0.05) is 385 Å². The van der Waals surface area contributed by atoms with Crippen LogP contribution in [0.3, 0.4) is 0 Å². The largest absolute Gasteiger partial charge is 0.456 e. The summed E-state index contributed by atoms with van der Waals surface area (Å²) in [4.78, 5) is 0. The van der Waals surface area contributed by atoms with Crippen LogP contribution in [0.2, 0.25) is 0 Å². The lowest BCUT2D eigenvalue weighted by Crippen LogP contribution is -2.29. The van der Waals surface area contributed by atoms with Gasteiger partial charge in [0.05, 0.1) is 5.41 Å². The first kappa shape index (κ1) is 92.8. The van der Waals surface area contributed by atoms with Gasteiger partial charge in [0.15, 0.2) is 11.5 Å². The lowest BCUT2D eigenvalue weighted by molar-refractivity contribution is 0.174. The van der Waals surface area contributed by atoms with Gasteiger partial charge in [0.25, 0.3) is 0 Å². The number of rotatable bonds is 14. The van der Waals surface area contributed by atoms with E-state index in [2.05, 4.69) is 518 Å². The van der Waals surface area contributed by atoms with Gasteiger partial charge in [0, 0.05) is 10.8 Å². The molecule has 694 valence electrons. The third-order valence-corrected chi connectivity index (χ3v) is 29.6. The van der Waals surface area contributed by atoms with E-state index in [0.29, 0.717) is 11.5 Å². The van der Waals surface area contributed by atoms with Gasteiger partial charge in [-0.25, -0.2) is 0 Å².